The van der Waals surface area contributed by atoms with Gasteiger partial charge >= 0.3 is 0 Å². The fourth-order valence-electron chi connectivity index (χ4n) is 3.09. The molecule has 0 saturated heterocycles. The van der Waals surface area contributed by atoms with E-state index in [0.717, 1.165) is 18.9 Å². The summed E-state index contributed by atoms with van der Waals surface area (Å²) in [5.74, 6) is -1.56. The Morgan fingerprint density at radius 2 is 2.00 bits per heavy atom. The quantitative estimate of drug-likeness (QED) is 0.521. The van der Waals surface area contributed by atoms with Crippen LogP contribution in [-0.2, 0) is 0 Å². The number of pyridine rings is 1. The van der Waals surface area contributed by atoms with Crippen molar-refractivity contribution in [2.75, 3.05) is 5.32 Å². The van der Waals surface area contributed by atoms with Crippen LogP contribution in [0.1, 0.15) is 29.2 Å². The fourth-order valence-corrected chi connectivity index (χ4v) is 3.25. The number of anilines is 1. The Hall–Kier alpha value is -3.26. The van der Waals surface area contributed by atoms with Crippen LogP contribution in [0.4, 0.5) is 15.8 Å². The SMILES string of the molecule is O=C(Nc1ccccc1[N+](=O)[O-])c1cn(C2CC2)c2cc(Cl)c(F)cc2c1=O. The van der Waals surface area contributed by atoms with Gasteiger partial charge in [-0.15, -0.1) is 0 Å². The summed E-state index contributed by atoms with van der Waals surface area (Å²) in [7, 11) is 0. The van der Waals surface area contributed by atoms with Crippen LogP contribution >= 0.6 is 11.6 Å². The number of para-hydroxylation sites is 2. The van der Waals surface area contributed by atoms with Gasteiger partial charge in [-0.2, -0.15) is 0 Å². The van der Waals surface area contributed by atoms with Gasteiger partial charge in [-0.05, 0) is 31.0 Å². The van der Waals surface area contributed by atoms with Gasteiger partial charge in [-0.3, -0.25) is 19.7 Å². The second kappa shape index (κ2) is 6.72. The van der Waals surface area contributed by atoms with E-state index in [2.05, 4.69) is 5.32 Å². The molecule has 1 amide bonds. The summed E-state index contributed by atoms with van der Waals surface area (Å²) in [4.78, 5) is 36.1. The maximum atomic E-state index is 13.9. The van der Waals surface area contributed by atoms with Crippen molar-refractivity contribution in [1.82, 2.24) is 4.57 Å². The predicted molar refractivity (Wildman–Crippen MR) is 102 cm³/mol. The molecule has 9 heteroatoms. The molecular formula is C19H13ClFN3O4. The van der Waals surface area contributed by atoms with E-state index in [-0.39, 0.29) is 33.4 Å². The summed E-state index contributed by atoms with van der Waals surface area (Å²) in [6.45, 7) is 0. The first kappa shape index (κ1) is 18.1. The Bertz CT molecular complexity index is 1200. The highest BCUT2D eigenvalue weighted by Crippen LogP contribution is 2.37. The normalized spacial score (nSPS) is 13.5. The van der Waals surface area contributed by atoms with Crippen LogP contribution in [0, 0.1) is 15.9 Å². The Morgan fingerprint density at radius 3 is 2.68 bits per heavy atom. The number of rotatable bonds is 4. The number of nitrogens with one attached hydrogen (secondary N) is 1. The predicted octanol–water partition coefficient (Wildman–Crippen LogP) is 4.29. The second-order valence-corrected chi connectivity index (χ2v) is 6.93. The van der Waals surface area contributed by atoms with E-state index >= 15 is 0 Å². The van der Waals surface area contributed by atoms with Crippen LogP contribution < -0.4 is 10.7 Å². The first-order chi connectivity index (χ1) is 13.4. The van der Waals surface area contributed by atoms with Gasteiger partial charge in [0.2, 0.25) is 5.43 Å². The van der Waals surface area contributed by atoms with Crippen LogP contribution in [0.3, 0.4) is 0 Å². The van der Waals surface area contributed by atoms with Crippen molar-refractivity contribution in [2.45, 2.75) is 18.9 Å². The number of nitro groups is 1. The van der Waals surface area contributed by atoms with Gasteiger partial charge in [0.1, 0.15) is 17.1 Å². The third-order valence-electron chi connectivity index (χ3n) is 4.61. The van der Waals surface area contributed by atoms with E-state index in [9.17, 15) is 24.1 Å². The standard InChI is InChI=1S/C19H13ClFN3O4/c20-13-8-17-11(7-14(13)21)18(25)12(9-23(17)10-5-6-10)19(26)22-15-3-1-2-4-16(15)24(27)28/h1-4,7-10H,5-6H2,(H,22,26). The fraction of sp³-hybridized carbons (Fsp3) is 0.158. The highest BCUT2D eigenvalue weighted by atomic mass is 35.5. The highest BCUT2D eigenvalue weighted by molar-refractivity contribution is 6.31. The summed E-state index contributed by atoms with van der Waals surface area (Å²) >= 11 is 5.86. The van der Waals surface area contributed by atoms with Crippen LogP contribution in [0.5, 0.6) is 0 Å². The van der Waals surface area contributed by atoms with E-state index in [1.807, 2.05) is 0 Å². The third-order valence-corrected chi connectivity index (χ3v) is 4.90. The number of fused-ring (bicyclic) bond motifs is 1. The number of benzene rings is 2. The maximum absolute atomic E-state index is 13.9. The average Bonchev–Trinajstić information content (AvgIpc) is 3.49. The zero-order chi connectivity index (χ0) is 20.0. The van der Waals surface area contributed by atoms with Crippen molar-refractivity contribution in [1.29, 1.82) is 0 Å². The van der Waals surface area contributed by atoms with E-state index in [1.165, 1.54) is 36.5 Å². The van der Waals surface area contributed by atoms with E-state index in [1.54, 1.807) is 4.57 Å². The minimum absolute atomic E-state index is 0.0303. The van der Waals surface area contributed by atoms with Crippen LogP contribution in [-0.4, -0.2) is 15.4 Å². The summed E-state index contributed by atoms with van der Waals surface area (Å²) in [5.41, 5.74) is -0.770. The van der Waals surface area contributed by atoms with Crippen LogP contribution in [0.25, 0.3) is 10.9 Å². The molecule has 0 atom stereocenters. The molecule has 1 N–H and O–H groups in total. The van der Waals surface area contributed by atoms with Gasteiger partial charge in [-0.25, -0.2) is 4.39 Å². The summed E-state index contributed by atoms with van der Waals surface area (Å²) in [6, 6.07) is 8.09. The number of carbonyl (C=O) groups is 1. The molecule has 0 bridgehead atoms. The van der Waals surface area contributed by atoms with E-state index in [0.29, 0.717) is 5.52 Å². The zero-order valence-electron chi connectivity index (χ0n) is 14.3. The van der Waals surface area contributed by atoms with Crippen LogP contribution in [0.2, 0.25) is 5.02 Å². The van der Waals surface area contributed by atoms with Crippen LogP contribution in [0.15, 0.2) is 47.4 Å². The molecule has 1 aliphatic carbocycles. The molecule has 7 nitrogen and oxygen atoms in total. The number of aromatic nitrogens is 1. The molecular weight excluding hydrogens is 389 g/mol. The molecule has 3 aromatic rings. The molecule has 1 fully saturated rings. The summed E-state index contributed by atoms with van der Waals surface area (Å²) in [5, 5.41) is 13.5. The molecule has 4 rings (SSSR count). The lowest BCUT2D eigenvalue weighted by Crippen LogP contribution is -2.24. The number of halogens is 2. The molecule has 0 unspecified atom stereocenters. The van der Waals surface area contributed by atoms with Crippen molar-refractivity contribution in [3.8, 4) is 0 Å². The lowest BCUT2D eigenvalue weighted by molar-refractivity contribution is -0.383. The van der Waals surface area contributed by atoms with Gasteiger partial charge in [0.25, 0.3) is 11.6 Å². The Kier molecular flexibility index (Phi) is 4.35. The van der Waals surface area contributed by atoms with Gasteiger partial charge in [0.15, 0.2) is 0 Å². The largest absolute Gasteiger partial charge is 0.343 e. The van der Waals surface area contributed by atoms with E-state index < -0.39 is 22.1 Å². The average molecular weight is 402 g/mol. The molecule has 1 aromatic heterocycles. The number of nitrogens with zero attached hydrogens (tertiary/aromatic N) is 2. The molecule has 2 aromatic carbocycles. The molecule has 1 aliphatic rings. The number of nitro benzene ring substituents is 1. The van der Waals surface area contributed by atoms with E-state index in [4.69, 9.17) is 11.6 Å². The van der Waals surface area contributed by atoms with Crippen molar-refractivity contribution >= 4 is 39.8 Å². The summed E-state index contributed by atoms with van der Waals surface area (Å²) < 4.78 is 15.7. The molecule has 142 valence electrons. The molecule has 0 radical (unpaired) electrons. The second-order valence-electron chi connectivity index (χ2n) is 6.52. The lowest BCUT2D eigenvalue weighted by Gasteiger charge is -2.13. The van der Waals surface area contributed by atoms with Gasteiger partial charge < -0.3 is 9.88 Å². The molecule has 28 heavy (non-hydrogen) atoms. The van der Waals surface area contributed by atoms with Crippen molar-refractivity contribution in [3.05, 3.63) is 79.3 Å². The molecule has 0 aliphatic heterocycles. The lowest BCUT2D eigenvalue weighted by atomic mass is 10.1. The maximum Gasteiger partial charge on any atom is 0.292 e. The first-order valence-electron chi connectivity index (χ1n) is 8.45. The monoisotopic (exact) mass is 401 g/mol. The third kappa shape index (κ3) is 3.11. The molecule has 0 spiro atoms. The minimum atomic E-state index is -0.800. The number of hydrogen-bond acceptors (Lipinski definition) is 4. The van der Waals surface area contributed by atoms with Gasteiger partial charge in [0, 0.05) is 23.7 Å². The number of carbonyl (C=O) groups excluding carboxylic acids is 1. The summed E-state index contributed by atoms with van der Waals surface area (Å²) in [6.07, 6.45) is 3.12. The smallest absolute Gasteiger partial charge is 0.292 e. The Labute approximate surface area is 162 Å². The van der Waals surface area contributed by atoms with Crippen molar-refractivity contribution in [2.24, 2.45) is 0 Å². The zero-order valence-corrected chi connectivity index (χ0v) is 15.1. The Balaban J connectivity index is 1.84. The highest BCUT2D eigenvalue weighted by Gasteiger charge is 2.28. The van der Waals surface area contributed by atoms with Crippen molar-refractivity contribution in [3.63, 3.8) is 0 Å². The topological polar surface area (TPSA) is 94.2 Å². The minimum Gasteiger partial charge on any atom is -0.343 e. The number of amides is 1. The van der Waals surface area contributed by atoms with Gasteiger partial charge in [0.05, 0.1) is 15.5 Å². The Morgan fingerprint density at radius 1 is 1.29 bits per heavy atom. The molecule has 1 heterocycles. The first-order valence-corrected chi connectivity index (χ1v) is 8.83. The molecule has 1 saturated carbocycles. The van der Waals surface area contributed by atoms with Gasteiger partial charge in [-0.1, -0.05) is 23.7 Å². The number of hydrogen-bond donors (Lipinski definition) is 1. The van der Waals surface area contributed by atoms with Crippen molar-refractivity contribution < 1.29 is 14.1 Å².